The van der Waals surface area contributed by atoms with Crippen LogP contribution in [-0.2, 0) is 9.59 Å². The van der Waals surface area contributed by atoms with Gasteiger partial charge in [0.1, 0.15) is 5.75 Å². The van der Waals surface area contributed by atoms with Crippen LogP contribution in [0.15, 0.2) is 18.2 Å². The topological polar surface area (TPSA) is 58.6 Å². The van der Waals surface area contributed by atoms with Crippen molar-refractivity contribution in [3.63, 3.8) is 0 Å². The minimum absolute atomic E-state index is 0.00469. The maximum atomic E-state index is 12.2. The summed E-state index contributed by atoms with van der Waals surface area (Å²) in [4.78, 5) is 25.9. The Morgan fingerprint density at radius 2 is 2.20 bits per heavy atom. The van der Waals surface area contributed by atoms with E-state index in [-0.39, 0.29) is 11.8 Å². The van der Waals surface area contributed by atoms with Crippen LogP contribution >= 0.6 is 0 Å². The van der Waals surface area contributed by atoms with Crippen molar-refractivity contribution in [2.75, 3.05) is 25.5 Å². The van der Waals surface area contributed by atoms with Gasteiger partial charge >= 0.3 is 0 Å². The molecule has 1 aromatic rings. The molecule has 0 bridgehead atoms. The minimum atomic E-state index is -0.106. The highest BCUT2D eigenvalue weighted by Crippen LogP contribution is 2.23. The van der Waals surface area contributed by atoms with Gasteiger partial charge in [-0.15, -0.1) is 0 Å². The van der Waals surface area contributed by atoms with Crippen LogP contribution < -0.4 is 10.1 Å². The number of carbonyl (C=O) groups is 2. The van der Waals surface area contributed by atoms with Crippen molar-refractivity contribution < 1.29 is 14.3 Å². The van der Waals surface area contributed by atoms with Gasteiger partial charge in [0, 0.05) is 25.2 Å². The molecule has 0 spiro atoms. The summed E-state index contributed by atoms with van der Waals surface area (Å²) < 4.78 is 5.17. The second-order valence-corrected chi connectivity index (χ2v) is 6.40. The molecular formula is C20H26N2O3. The number of aryl methyl sites for hydroxylation is 1. The maximum absolute atomic E-state index is 12.2. The standard InChI is InChI=1S/C20H26N2O3/c1-4-6-20(24)22-12-5-7-16(14-22)8-11-19(23)21-18-10-9-17(25-3)13-15(18)2/h9-10,13,16H,5,7-8,11-12,14H2,1-3H3,(H,21,23)/t16-/m1/s1. The number of ether oxygens (including phenoxy) is 1. The molecule has 1 atom stereocenters. The molecule has 0 radical (unpaired) electrons. The summed E-state index contributed by atoms with van der Waals surface area (Å²) in [5.41, 5.74) is 1.78. The monoisotopic (exact) mass is 342 g/mol. The van der Waals surface area contributed by atoms with Crippen LogP contribution in [0.1, 0.15) is 38.2 Å². The lowest BCUT2D eigenvalue weighted by atomic mass is 9.93. The van der Waals surface area contributed by atoms with Crippen molar-refractivity contribution in [3.8, 4) is 17.6 Å². The molecule has 1 aromatic carbocycles. The van der Waals surface area contributed by atoms with Crippen LogP contribution in [0.25, 0.3) is 0 Å². The molecule has 1 fully saturated rings. The predicted molar refractivity (Wildman–Crippen MR) is 98.3 cm³/mol. The molecule has 1 heterocycles. The van der Waals surface area contributed by atoms with E-state index in [9.17, 15) is 9.59 Å². The number of amides is 2. The summed E-state index contributed by atoms with van der Waals surface area (Å²) in [6, 6.07) is 5.59. The molecule has 5 heteroatoms. The fourth-order valence-electron chi connectivity index (χ4n) is 3.12. The molecule has 1 aliphatic rings. The van der Waals surface area contributed by atoms with E-state index < -0.39 is 0 Å². The van der Waals surface area contributed by atoms with Gasteiger partial charge < -0.3 is 15.0 Å². The highest BCUT2D eigenvalue weighted by molar-refractivity contribution is 5.93. The van der Waals surface area contributed by atoms with Gasteiger partial charge in [0.25, 0.3) is 5.91 Å². The molecule has 1 aliphatic heterocycles. The largest absolute Gasteiger partial charge is 0.497 e. The third-order valence-electron chi connectivity index (χ3n) is 4.53. The number of methoxy groups -OCH3 is 1. The molecule has 2 amide bonds. The predicted octanol–water partition coefficient (Wildman–Crippen LogP) is 2.98. The molecule has 5 nitrogen and oxygen atoms in total. The van der Waals surface area contributed by atoms with Crippen LogP contribution in [0.5, 0.6) is 5.75 Å². The van der Waals surface area contributed by atoms with E-state index in [2.05, 4.69) is 17.2 Å². The first-order chi connectivity index (χ1) is 12.0. The number of nitrogens with zero attached hydrogens (tertiary/aromatic N) is 1. The van der Waals surface area contributed by atoms with Gasteiger partial charge in [-0.1, -0.05) is 5.92 Å². The number of carbonyl (C=O) groups excluding carboxylic acids is 2. The van der Waals surface area contributed by atoms with Crippen molar-refractivity contribution >= 4 is 17.5 Å². The average Bonchev–Trinajstić information content (AvgIpc) is 2.62. The zero-order valence-corrected chi connectivity index (χ0v) is 15.2. The van der Waals surface area contributed by atoms with Gasteiger partial charge in [-0.3, -0.25) is 9.59 Å². The Morgan fingerprint density at radius 3 is 2.88 bits per heavy atom. The third-order valence-corrected chi connectivity index (χ3v) is 4.53. The summed E-state index contributed by atoms with van der Waals surface area (Å²) in [5, 5.41) is 2.96. The number of nitrogens with one attached hydrogen (secondary N) is 1. The Bertz CT molecular complexity index is 688. The Kier molecular flexibility index (Phi) is 6.88. The minimum Gasteiger partial charge on any atom is -0.497 e. The van der Waals surface area contributed by atoms with E-state index in [1.165, 1.54) is 0 Å². The molecule has 0 aromatic heterocycles. The van der Waals surface area contributed by atoms with Crippen molar-refractivity contribution in [2.45, 2.75) is 39.5 Å². The van der Waals surface area contributed by atoms with Crippen molar-refractivity contribution in [3.05, 3.63) is 23.8 Å². The maximum Gasteiger partial charge on any atom is 0.298 e. The second kappa shape index (κ2) is 9.12. The highest BCUT2D eigenvalue weighted by Gasteiger charge is 2.23. The lowest BCUT2D eigenvalue weighted by molar-refractivity contribution is -0.126. The first-order valence-electron chi connectivity index (χ1n) is 8.69. The number of hydrogen-bond acceptors (Lipinski definition) is 3. The van der Waals surface area contributed by atoms with Crippen molar-refractivity contribution in [1.29, 1.82) is 0 Å². The summed E-state index contributed by atoms with van der Waals surface area (Å²) in [7, 11) is 1.62. The van der Waals surface area contributed by atoms with Gasteiger partial charge in [-0.05, 0) is 68.7 Å². The van der Waals surface area contributed by atoms with E-state index in [0.29, 0.717) is 18.9 Å². The fraction of sp³-hybridized carbons (Fsp3) is 0.500. The van der Waals surface area contributed by atoms with E-state index in [1.807, 2.05) is 25.1 Å². The Morgan fingerprint density at radius 1 is 1.40 bits per heavy atom. The van der Waals surface area contributed by atoms with Gasteiger partial charge in [-0.25, -0.2) is 0 Å². The van der Waals surface area contributed by atoms with Gasteiger partial charge in [-0.2, -0.15) is 0 Å². The molecule has 134 valence electrons. The van der Waals surface area contributed by atoms with Crippen LogP contribution in [0, 0.1) is 24.7 Å². The lowest BCUT2D eigenvalue weighted by Gasteiger charge is -2.31. The number of anilines is 1. The van der Waals surface area contributed by atoms with E-state index in [4.69, 9.17) is 4.74 Å². The fourth-order valence-corrected chi connectivity index (χ4v) is 3.12. The molecular weight excluding hydrogens is 316 g/mol. The number of benzene rings is 1. The van der Waals surface area contributed by atoms with Gasteiger partial charge in [0.15, 0.2) is 0 Å². The average molecular weight is 342 g/mol. The molecule has 0 aliphatic carbocycles. The molecule has 25 heavy (non-hydrogen) atoms. The Labute approximate surface area is 149 Å². The number of rotatable bonds is 5. The summed E-state index contributed by atoms with van der Waals surface area (Å²) in [6.45, 7) is 5.08. The molecule has 2 rings (SSSR count). The first kappa shape index (κ1) is 18.9. The summed E-state index contributed by atoms with van der Waals surface area (Å²) in [5.74, 6) is 6.29. The zero-order valence-electron chi connectivity index (χ0n) is 15.2. The SMILES string of the molecule is CC#CC(=O)N1CCC[C@H](CCC(=O)Nc2ccc(OC)cc2C)C1. The quantitative estimate of drug-likeness (QED) is 0.837. The molecule has 0 saturated carbocycles. The van der Waals surface area contributed by atoms with Crippen LogP contribution in [0.4, 0.5) is 5.69 Å². The summed E-state index contributed by atoms with van der Waals surface area (Å²) >= 11 is 0. The normalized spacial score (nSPS) is 16.6. The number of likely N-dealkylation sites (tertiary alicyclic amines) is 1. The summed E-state index contributed by atoms with van der Waals surface area (Å²) in [6.07, 6.45) is 3.27. The Hall–Kier alpha value is -2.48. The molecule has 1 saturated heterocycles. The lowest BCUT2D eigenvalue weighted by Crippen LogP contribution is -2.39. The Balaban J connectivity index is 1.83. The smallest absolute Gasteiger partial charge is 0.298 e. The molecule has 1 N–H and O–H groups in total. The van der Waals surface area contributed by atoms with Gasteiger partial charge in [0.05, 0.1) is 7.11 Å². The molecule has 0 unspecified atom stereocenters. The number of hydrogen-bond donors (Lipinski definition) is 1. The number of piperidine rings is 1. The van der Waals surface area contributed by atoms with Gasteiger partial charge in [0.2, 0.25) is 5.91 Å². The van der Waals surface area contributed by atoms with E-state index >= 15 is 0 Å². The van der Waals surface area contributed by atoms with E-state index in [1.54, 1.807) is 18.9 Å². The van der Waals surface area contributed by atoms with Crippen LogP contribution in [0.3, 0.4) is 0 Å². The van der Waals surface area contributed by atoms with E-state index in [0.717, 1.165) is 42.8 Å². The second-order valence-electron chi connectivity index (χ2n) is 6.40. The van der Waals surface area contributed by atoms with Crippen molar-refractivity contribution in [2.24, 2.45) is 5.92 Å². The van der Waals surface area contributed by atoms with Crippen LogP contribution in [-0.4, -0.2) is 36.9 Å². The third kappa shape index (κ3) is 5.53. The highest BCUT2D eigenvalue weighted by atomic mass is 16.5. The van der Waals surface area contributed by atoms with Crippen molar-refractivity contribution in [1.82, 2.24) is 4.90 Å². The zero-order chi connectivity index (χ0) is 18.2. The first-order valence-corrected chi connectivity index (χ1v) is 8.69. The van der Waals surface area contributed by atoms with Crippen LogP contribution in [0.2, 0.25) is 0 Å².